The van der Waals surface area contributed by atoms with Crippen LogP contribution in [0.3, 0.4) is 0 Å². The number of carbonyl (C=O) groups excluding carboxylic acids is 8. The van der Waals surface area contributed by atoms with Gasteiger partial charge in [0.15, 0.2) is 0 Å². The molecule has 0 spiro atoms. The number of carboxylic acids is 2. The first-order chi connectivity index (χ1) is 28.6. The summed E-state index contributed by atoms with van der Waals surface area (Å²) in [5.74, 6) is -12.0. The summed E-state index contributed by atoms with van der Waals surface area (Å²) in [5.41, 5.74) is 3.28. The van der Waals surface area contributed by atoms with Crippen molar-refractivity contribution in [2.45, 2.75) is 130 Å². The number of benzene rings is 1. The molecule has 1 heterocycles. The lowest BCUT2D eigenvalue weighted by molar-refractivity contribution is -0.187. The average molecular weight is 862 g/mol. The third-order valence-electron chi connectivity index (χ3n) is 9.92. The Hall–Kier alpha value is -5.96. The summed E-state index contributed by atoms with van der Waals surface area (Å²) >= 11 is 0. The Morgan fingerprint density at radius 3 is 2.03 bits per heavy atom. The van der Waals surface area contributed by atoms with Gasteiger partial charge < -0.3 is 35.8 Å². The van der Waals surface area contributed by atoms with Crippen molar-refractivity contribution in [1.82, 2.24) is 36.3 Å². The molecule has 1 aliphatic heterocycles. The normalized spacial score (nSPS) is 17.2. The second-order valence-electron chi connectivity index (χ2n) is 15.2. The van der Waals surface area contributed by atoms with Crippen molar-refractivity contribution in [3.8, 4) is 0 Å². The van der Waals surface area contributed by atoms with E-state index in [0.29, 0.717) is 6.42 Å². The molecule has 1 fully saturated rings. The summed E-state index contributed by atoms with van der Waals surface area (Å²) in [6.07, 6.45) is -2.37. The Bertz CT molecular complexity index is 1740. The Balaban J connectivity index is 2.48. The number of carboxylic acid groups (broad SMARTS) is 2. The maximum atomic E-state index is 14.5. The van der Waals surface area contributed by atoms with Crippen LogP contribution in [0.2, 0.25) is 0 Å². The van der Waals surface area contributed by atoms with Gasteiger partial charge in [0, 0.05) is 39.8 Å². The fourth-order valence-corrected chi connectivity index (χ4v) is 6.52. The lowest BCUT2D eigenvalue weighted by Gasteiger charge is -2.35. The molecule has 0 bridgehead atoms. The second-order valence-corrected chi connectivity index (χ2v) is 15.2. The number of Topliss-reactive ketones (excluding diaryl/α,β-unsaturated/α-hetero) is 1. The van der Waals surface area contributed by atoms with E-state index in [1.165, 1.54) is 11.8 Å². The standard InChI is InChI=1S/C40H59N7O14/c1-8-17-46(38(57)24(6)48)44-36(55)30-18-27(61-21-26-13-11-10-12-14-26)20-45(30)40(59)33(22(3)4)43-37(56)34(23(5)9-2)47(60)39(58)28(15-16-31(50)51)42-35(54)29(19-32(52)53)41-25(7)49/h10-14,22-23,27-30,33-34,60H,8-9,15-21H2,1-7H3,(H,41,49)(H,42,54)(H,43,56)(H,44,55)(H,50,51)(H,52,53)/t23-,27+,28+,29-,30-,33-,34-/m0/s1. The third kappa shape index (κ3) is 15.5. The molecule has 61 heavy (non-hydrogen) atoms. The van der Waals surface area contributed by atoms with Crippen LogP contribution in [0.5, 0.6) is 0 Å². The minimum Gasteiger partial charge on any atom is -0.481 e. The van der Waals surface area contributed by atoms with Gasteiger partial charge in [0.05, 0.1) is 19.1 Å². The fraction of sp³-hybridized carbons (Fsp3) is 0.600. The third-order valence-corrected chi connectivity index (χ3v) is 9.92. The number of carbonyl (C=O) groups is 10. The zero-order valence-electron chi connectivity index (χ0n) is 35.5. The van der Waals surface area contributed by atoms with Gasteiger partial charge >= 0.3 is 17.8 Å². The predicted octanol–water partition coefficient (Wildman–Crippen LogP) is 0.134. The van der Waals surface area contributed by atoms with Crippen molar-refractivity contribution < 1.29 is 68.1 Å². The summed E-state index contributed by atoms with van der Waals surface area (Å²) in [5, 5.41) is 37.8. The van der Waals surface area contributed by atoms with Gasteiger partial charge in [-0.1, -0.05) is 71.4 Å². The first kappa shape index (κ1) is 51.2. The number of likely N-dealkylation sites (tertiary alicyclic amines) is 1. The van der Waals surface area contributed by atoms with Crippen LogP contribution in [0.25, 0.3) is 0 Å². The highest BCUT2D eigenvalue weighted by molar-refractivity contribution is 6.35. The van der Waals surface area contributed by atoms with Crippen LogP contribution in [0.1, 0.15) is 92.6 Å². The number of hydrogen-bond acceptors (Lipinski definition) is 12. The van der Waals surface area contributed by atoms with E-state index in [9.17, 15) is 63.4 Å². The van der Waals surface area contributed by atoms with E-state index >= 15 is 0 Å². The Morgan fingerprint density at radius 1 is 0.869 bits per heavy atom. The van der Waals surface area contributed by atoms with Crippen molar-refractivity contribution >= 4 is 59.1 Å². The largest absolute Gasteiger partial charge is 0.481 e. The minimum absolute atomic E-state index is 0.00409. The zero-order chi connectivity index (χ0) is 46.1. The number of hydrazine groups is 1. The summed E-state index contributed by atoms with van der Waals surface area (Å²) in [7, 11) is 0. The predicted molar refractivity (Wildman–Crippen MR) is 213 cm³/mol. The van der Waals surface area contributed by atoms with Gasteiger partial charge in [-0.25, -0.2) is 10.1 Å². The van der Waals surface area contributed by atoms with E-state index in [4.69, 9.17) is 4.74 Å². The molecule has 1 aromatic rings. The molecular formula is C40H59N7O14. The molecule has 21 heteroatoms. The number of ketones is 1. The van der Waals surface area contributed by atoms with Gasteiger partial charge in [-0.15, -0.1) is 0 Å². The molecule has 7 atom stereocenters. The monoisotopic (exact) mass is 861 g/mol. The molecule has 2 rings (SSSR count). The first-order valence-corrected chi connectivity index (χ1v) is 20.0. The maximum Gasteiger partial charge on any atom is 0.308 e. The molecule has 1 aliphatic rings. The molecule has 0 aliphatic carbocycles. The lowest BCUT2D eigenvalue weighted by Crippen LogP contribution is -2.62. The summed E-state index contributed by atoms with van der Waals surface area (Å²) in [4.78, 5) is 130. The van der Waals surface area contributed by atoms with Crippen LogP contribution in [-0.2, 0) is 59.3 Å². The van der Waals surface area contributed by atoms with E-state index in [-0.39, 0.29) is 37.6 Å². The first-order valence-electron chi connectivity index (χ1n) is 20.0. The van der Waals surface area contributed by atoms with Crippen LogP contribution < -0.4 is 21.4 Å². The molecule has 7 N–H and O–H groups in total. The number of aliphatic carboxylic acids is 2. The number of ether oxygens (including phenoxy) is 1. The molecule has 7 amide bonds. The SMILES string of the molecule is CCCN(NC(=O)[C@@H]1C[C@@H](OCc2ccccc2)CN1C(=O)[C@@H](NC(=O)[C@H]([C@@H](C)CC)N(O)C(=O)[C@@H](CCC(=O)O)NC(=O)[C@H](CC(=O)O)NC(C)=O)C(C)C)C(=O)C(C)=O. The number of hydroxylamine groups is 2. The quantitative estimate of drug-likeness (QED) is 0.0438. The molecule has 1 saturated heterocycles. The van der Waals surface area contributed by atoms with Gasteiger partial charge in [-0.05, 0) is 30.2 Å². The number of hydrogen-bond donors (Lipinski definition) is 7. The average Bonchev–Trinajstić information content (AvgIpc) is 3.63. The smallest absolute Gasteiger partial charge is 0.308 e. The van der Waals surface area contributed by atoms with Crippen molar-refractivity contribution in [3.05, 3.63) is 35.9 Å². The van der Waals surface area contributed by atoms with Gasteiger partial charge in [0.25, 0.3) is 11.8 Å². The van der Waals surface area contributed by atoms with E-state index in [1.807, 2.05) is 30.3 Å². The Kier molecular flexibility index (Phi) is 20.4. The topological polar surface area (TPSA) is 298 Å². The van der Waals surface area contributed by atoms with Crippen LogP contribution in [0.4, 0.5) is 0 Å². The van der Waals surface area contributed by atoms with Crippen LogP contribution >= 0.6 is 0 Å². The van der Waals surface area contributed by atoms with Crippen molar-refractivity contribution in [2.75, 3.05) is 13.1 Å². The van der Waals surface area contributed by atoms with Crippen LogP contribution in [0, 0.1) is 11.8 Å². The molecule has 338 valence electrons. The number of rotatable bonds is 23. The lowest BCUT2D eigenvalue weighted by atomic mass is 9.95. The van der Waals surface area contributed by atoms with E-state index in [1.54, 1.807) is 27.7 Å². The van der Waals surface area contributed by atoms with Crippen LogP contribution in [-0.4, -0.2) is 139 Å². The zero-order valence-corrected chi connectivity index (χ0v) is 35.5. The highest BCUT2D eigenvalue weighted by Gasteiger charge is 2.45. The number of nitrogens with one attached hydrogen (secondary N) is 4. The highest BCUT2D eigenvalue weighted by atomic mass is 16.5. The van der Waals surface area contributed by atoms with Gasteiger partial charge in [0.2, 0.25) is 29.4 Å². The van der Waals surface area contributed by atoms with Crippen molar-refractivity contribution in [1.29, 1.82) is 0 Å². The van der Waals surface area contributed by atoms with Gasteiger partial charge in [0.1, 0.15) is 30.2 Å². The second kappa shape index (κ2) is 24.3. The fourth-order valence-electron chi connectivity index (χ4n) is 6.52. The van der Waals surface area contributed by atoms with E-state index < -0.39 is 126 Å². The Labute approximate surface area is 353 Å². The summed E-state index contributed by atoms with van der Waals surface area (Å²) in [6, 6.07) is 1.25. The number of nitrogens with zero attached hydrogens (tertiary/aromatic N) is 3. The number of amides is 7. The Morgan fingerprint density at radius 2 is 1.51 bits per heavy atom. The minimum atomic E-state index is -1.82. The summed E-state index contributed by atoms with van der Waals surface area (Å²) < 4.78 is 6.10. The van der Waals surface area contributed by atoms with Crippen molar-refractivity contribution in [3.63, 3.8) is 0 Å². The molecular weight excluding hydrogens is 802 g/mol. The molecule has 0 radical (unpaired) electrons. The van der Waals surface area contributed by atoms with E-state index in [0.717, 1.165) is 24.4 Å². The van der Waals surface area contributed by atoms with Gasteiger partial charge in [-0.2, -0.15) is 0 Å². The molecule has 21 nitrogen and oxygen atoms in total. The molecule has 0 aromatic heterocycles. The molecule has 0 saturated carbocycles. The van der Waals surface area contributed by atoms with E-state index in [2.05, 4.69) is 21.4 Å². The maximum absolute atomic E-state index is 14.5. The molecule has 1 aromatic carbocycles. The van der Waals surface area contributed by atoms with Crippen LogP contribution in [0.15, 0.2) is 30.3 Å². The highest BCUT2D eigenvalue weighted by Crippen LogP contribution is 2.25. The summed E-state index contributed by atoms with van der Waals surface area (Å²) in [6.45, 7) is 10.2. The van der Waals surface area contributed by atoms with Gasteiger partial charge in [-0.3, -0.25) is 58.6 Å². The molecule has 0 unspecified atom stereocenters. The van der Waals surface area contributed by atoms with Crippen molar-refractivity contribution in [2.24, 2.45) is 11.8 Å².